The summed E-state index contributed by atoms with van der Waals surface area (Å²) >= 11 is 6.12. The minimum atomic E-state index is -4.49. The highest BCUT2D eigenvalue weighted by atomic mass is 35.5. The first-order valence-corrected chi connectivity index (χ1v) is 11.4. The first-order valence-electron chi connectivity index (χ1n) is 11.0. The molecule has 0 saturated heterocycles. The number of nitrogens with zero attached hydrogens (tertiary/aromatic N) is 2. The van der Waals surface area contributed by atoms with E-state index in [1.54, 1.807) is 24.3 Å². The standard InChI is InChI=1S/C26H20ClF3N2O4/c1-2-4-16-5-3-6-18(13-16)24(33)35-22-12-11-21(27)14-19(22)15-32-25(34)36-23(31-32)17-7-9-20(10-8-17)26(28,29)30/h3,5-14H,2,4,15H2,1H3. The number of alkyl halides is 3. The van der Waals surface area contributed by atoms with Crippen LogP contribution >= 0.6 is 11.6 Å². The molecule has 1 heterocycles. The van der Waals surface area contributed by atoms with Gasteiger partial charge in [-0.05, 0) is 66.6 Å². The maximum absolute atomic E-state index is 12.8. The molecule has 10 heteroatoms. The molecule has 0 saturated carbocycles. The number of carbonyl (C=O) groups is 1. The highest BCUT2D eigenvalue weighted by Crippen LogP contribution is 2.30. The predicted octanol–water partition coefficient (Wildman–Crippen LogP) is 6.40. The molecule has 0 aliphatic heterocycles. The van der Waals surface area contributed by atoms with E-state index in [1.165, 1.54) is 12.1 Å². The number of rotatable bonds is 7. The Morgan fingerprint density at radius 1 is 1.08 bits per heavy atom. The van der Waals surface area contributed by atoms with Crippen molar-refractivity contribution in [3.8, 4) is 17.2 Å². The van der Waals surface area contributed by atoms with E-state index in [1.807, 2.05) is 13.0 Å². The normalized spacial score (nSPS) is 11.5. The number of hydrogen-bond acceptors (Lipinski definition) is 5. The minimum Gasteiger partial charge on any atom is -0.423 e. The number of esters is 1. The quantitative estimate of drug-likeness (QED) is 0.210. The SMILES string of the molecule is CCCc1cccc(C(=O)Oc2ccc(Cl)cc2Cn2nc(-c3ccc(C(F)(F)F)cc3)oc2=O)c1. The zero-order chi connectivity index (χ0) is 25.9. The zero-order valence-electron chi connectivity index (χ0n) is 19.0. The number of hydrogen-bond donors (Lipinski definition) is 0. The van der Waals surface area contributed by atoms with Gasteiger partial charge in [0.05, 0.1) is 17.7 Å². The summed E-state index contributed by atoms with van der Waals surface area (Å²) < 4.78 is 50.1. The molecular weight excluding hydrogens is 497 g/mol. The molecule has 4 rings (SSSR count). The van der Waals surface area contributed by atoms with Crippen molar-refractivity contribution in [3.05, 3.63) is 105 Å². The summed E-state index contributed by atoms with van der Waals surface area (Å²) in [6, 6.07) is 15.8. The van der Waals surface area contributed by atoms with Crippen LogP contribution in [0.4, 0.5) is 13.2 Å². The van der Waals surface area contributed by atoms with Crippen molar-refractivity contribution in [2.45, 2.75) is 32.5 Å². The van der Waals surface area contributed by atoms with E-state index < -0.39 is 23.5 Å². The van der Waals surface area contributed by atoms with Gasteiger partial charge in [-0.1, -0.05) is 37.1 Å². The Morgan fingerprint density at radius 3 is 2.53 bits per heavy atom. The molecule has 0 amide bonds. The van der Waals surface area contributed by atoms with E-state index in [4.69, 9.17) is 20.8 Å². The second-order valence-electron chi connectivity index (χ2n) is 8.00. The Bertz CT molecular complexity index is 1440. The van der Waals surface area contributed by atoms with Gasteiger partial charge in [0, 0.05) is 16.1 Å². The minimum absolute atomic E-state index is 0.151. The van der Waals surface area contributed by atoms with Crippen molar-refractivity contribution >= 4 is 17.6 Å². The van der Waals surface area contributed by atoms with Gasteiger partial charge in [0.25, 0.3) is 0 Å². The molecular formula is C26H20ClF3N2O4. The van der Waals surface area contributed by atoms with Gasteiger partial charge in [-0.3, -0.25) is 0 Å². The Labute approximate surface area is 208 Å². The van der Waals surface area contributed by atoms with Crippen LogP contribution in [0.15, 0.2) is 75.9 Å². The van der Waals surface area contributed by atoms with E-state index in [0.717, 1.165) is 47.4 Å². The lowest BCUT2D eigenvalue weighted by atomic mass is 10.1. The fourth-order valence-corrected chi connectivity index (χ4v) is 3.75. The van der Waals surface area contributed by atoms with Gasteiger partial charge in [-0.15, -0.1) is 5.10 Å². The summed E-state index contributed by atoms with van der Waals surface area (Å²) in [5.41, 5.74) is 1.13. The predicted molar refractivity (Wildman–Crippen MR) is 127 cm³/mol. The first kappa shape index (κ1) is 25.2. The summed E-state index contributed by atoms with van der Waals surface area (Å²) in [7, 11) is 0. The van der Waals surface area contributed by atoms with E-state index in [0.29, 0.717) is 16.1 Å². The number of halogens is 4. The molecule has 0 atom stereocenters. The lowest BCUT2D eigenvalue weighted by Gasteiger charge is -2.11. The van der Waals surface area contributed by atoms with E-state index in [-0.39, 0.29) is 23.7 Å². The summed E-state index contributed by atoms with van der Waals surface area (Å²) in [5.74, 6) is -1.39. The summed E-state index contributed by atoms with van der Waals surface area (Å²) in [5, 5.41) is 4.42. The number of benzene rings is 3. The van der Waals surface area contributed by atoms with Gasteiger partial charge in [-0.2, -0.15) is 17.9 Å². The summed E-state index contributed by atoms with van der Waals surface area (Å²) in [6.07, 6.45) is -2.74. The van der Waals surface area contributed by atoms with Crippen LogP contribution in [0.1, 0.15) is 40.4 Å². The molecule has 0 unspecified atom stereocenters. The maximum atomic E-state index is 12.8. The number of ether oxygens (including phenoxy) is 1. The number of aromatic nitrogens is 2. The van der Waals surface area contributed by atoms with Crippen LogP contribution < -0.4 is 10.5 Å². The molecule has 6 nitrogen and oxygen atoms in total. The fourth-order valence-electron chi connectivity index (χ4n) is 3.56. The van der Waals surface area contributed by atoms with Crippen LogP contribution in [0.2, 0.25) is 5.02 Å². The molecule has 0 bridgehead atoms. The molecule has 0 aliphatic carbocycles. The Balaban J connectivity index is 1.58. The Kier molecular flexibility index (Phi) is 7.30. The highest BCUT2D eigenvalue weighted by Gasteiger charge is 2.30. The smallest absolute Gasteiger partial charge is 0.423 e. The lowest BCUT2D eigenvalue weighted by molar-refractivity contribution is -0.137. The van der Waals surface area contributed by atoms with Crippen LogP contribution in [0.25, 0.3) is 11.5 Å². The van der Waals surface area contributed by atoms with Crippen LogP contribution in [0.5, 0.6) is 5.75 Å². The van der Waals surface area contributed by atoms with E-state index in [9.17, 15) is 22.8 Å². The molecule has 3 aromatic carbocycles. The second-order valence-corrected chi connectivity index (χ2v) is 8.43. The summed E-state index contributed by atoms with van der Waals surface area (Å²) in [4.78, 5) is 25.2. The van der Waals surface area contributed by atoms with E-state index in [2.05, 4.69) is 5.10 Å². The fraction of sp³-hybridized carbons (Fsp3) is 0.192. The van der Waals surface area contributed by atoms with Gasteiger partial charge in [0.1, 0.15) is 5.75 Å². The maximum Gasteiger partial charge on any atom is 0.437 e. The largest absolute Gasteiger partial charge is 0.437 e. The average molecular weight is 517 g/mol. The van der Waals surface area contributed by atoms with Gasteiger partial charge >= 0.3 is 17.9 Å². The third kappa shape index (κ3) is 5.85. The highest BCUT2D eigenvalue weighted by molar-refractivity contribution is 6.30. The topological polar surface area (TPSA) is 74.3 Å². The van der Waals surface area contributed by atoms with Gasteiger partial charge < -0.3 is 9.15 Å². The number of carbonyl (C=O) groups excluding carboxylic acids is 1. The molecule has 0 aliphatic rings. The monoisotopic (exact) mass is 516 g/mol. The molecule has 0 N–H and O–H groups in total. The first-order chi connectivity index (χ1) is 17.1. The van der Waals surface area contributed by atoms with Gasteiger partial charge in [0.2, 0.25) is 5.89 Å². The van der Waals surface area contributed by atoms with Gasteiger partial charge in [-0.25, -0.2) is 9.59 Å². The van der Waals surface area contributed by atoms with Crippen LogP contribution in [-0.2, 0) is 19.1 Å². The third-order valence-corrected chi connectivity index (χ3v) is 5.55. The average Bonchev–Trinajstić information content (AvgIpc) is 3.21. The Morgan fingerprint density at radius 2 is 1.83 bits per heavy atom. The molecule has 0 fully saturated rings. The van der Waals surface area contributed by atoms with Crippen molar-refractivity contribution in [3.63, 3.8) is 0 Å². The van der Waals surface area contributed by atoms with Crippen LogP contribution in [-0.4, -0.2) is 15.7 Å². The van der Waals surface area contributed by atoms with Crippen molar-refractivity contribution in [1.82, 2.24) is 9.78 Å². The van der Waals surface area contributed by atoms with Gasteiger partial charge in [0.15, 0.2) is 0 Å². The van der Waals surface area contributed by atoms with E-state index >= 15 is 0 Å². The zero-order valence-corrected chi connectivity index (χ0v) is 19.8. The third-order valence-electron chi connectivity index (χ3n) is 5.31. The van der Waals surface area contributed by atoms with Crippen molar-refractivity contribution in [2.75, 3.05) is 0 Å². The molecule has 0 spiro atoms. The van der Waals surface area contributed by atoms with Crippen molar-refractivity contribution in [1.29, 1.82) is 0 Å². The Hall–Kier alpha value is -3.85. The summed E-state index contributed by atoms with van der Waals surface area (Å²) in [6.45, 7) is 1.89. The molecule has 186 valence electrons. The number of aryl methyl sites for hydroxylation is 1. The van der Waals surface area contributed by atoms with Crippen molar-refractivity contribution < 1.29 is 27.1 Å². The van der Waals surface area contributed by atoms with Crippen LogP contribution in [0.3, 0.4) is 0 Å². The van der Waals surface area contributed by atoms with Crippen LogP contribution in [0, 0.1) is 0 Å². The molecule has 1 aromatic heterocycles. The molecule has 4 aromatic rings. The van der Waals surface area contributed by atoms with Crippen molar-refractivity contribution in [2.24, 2.45) is 0 Å². The molecule has 36 heavy (non-hydrogen) atoms. The molecule has 0 radical (unpaired) electrons. The lowest BCUT2D eigenvalue weighted by Crippen LogP contribution is -2.18. The second kappa shape index (κ2) is 10.4.